The van der Waals surface area contributed by atoms with Crippen molar-refractivity contribution in [2.24, 2.45) is 0 Å². The van der Waals surface area contributed by atoms with E-state index < -0.39 is 55.8 Å². The maximum atomic E-state index is 15.3. The van der Waals surface area contributed by atoms with Gasteiger partial charge in [-0.3, -0.25) is 9.13 Å². The van der Waals surface area contributed by atoms with E-state index in [9.17, 15) is 18.8 Å². The van der Waals surface area contributed by atoms with Gasteiger partial charge in [0.25, 0.3) is 0 Å². The van der Waals surface area contributed by atoms with Crippen LogP contribution in [0.25, 0.3) is 0 Å². The topological polar surface area (TPSA) is 123 Å². The van der Waals surface area contributed by atoms with Crippen LogP contribution >= 0.6 is 15.2 Å². The molecule has 0 aliphatic carbocycles. The van der Waals surface area contributed by atoms with Crippen LogP contribution in [0.3, 0.4) is 0 Å². The Kier molecular flexibility index (Phi) is 13.4. The second kappa shape index (κ2) is 16.4. The minimum absolute atomic E-state index is 0.0323. The van der Waals surface area contributed by atoms with Gasteiger partial charge in [-0.25, -0.2) is 4.79 Å². The standard InChI is InChI=1S/C32H40F4N2O7P2/c1-5-23(4)45-46(40,41)31(33,34)27-19-15-26(16-20-27)29(38-30(39)37-22-25-11-9-8-10-12-25)21-24-13-17-28(18-14-24)32(35,36)47(42,43-6-2)44-7-3/h8-20,23,29H,5-7,21-22H2,1-4H3,(H,40,41)(H2,37,38,39). The Morgan fingerprint density at radius 3 is 1.87 bits per heavy atom. The van der Waals surface area contributed by atoms with Crippen molar-refractivity contribution in [3.63, 3.8) is 0 Å². The molecule has 0 aliphatic heterocycles. The van der Waals surface area contributed by atoms with Crippen LogP contribution in [0.1, 0.15) is 68.0 Å². The molecule has 3 N–H and O–H groups in total. The summed E-state index contributed by atoms with van der Waals surface area (Å²) in [4.78, 5) is 23.0. The van der Waals surface area contributed by atoms with Crippen LogP contribution in [0.4, 0.5) is 22.4 Å². The lowest BCUT2D eigenvalue weighted by molar-refractivity contribution is 0.0347. The first-order valence-corrected chi connectivity index (χ1v) is 18.2. The zero-order chi connectivity index (χ0) is 34.9. The monoisotopic (exact) mass is 702 g/mol. The lowest BCUT2D eigenvalue weighted by Crippen LogP contribution is -2.38. The molecule has 0 aliphatic rings. The van der Waals surface area contributed by atoms with Gasteiger partial charge in [0.1, 0.15) is 0 Å². The number of carbonyl (C=O) groups excluding carboxylic acids is 1. The van der Waals surface area contributed by atoms with Crippen LogP contribution in [0.2, 0.25) is 0 Å². The molecule has 2 amide bonds. The Bertz CT molecular complexity index is 1540. The van der Waals surface area contributed by atoms with Crippen molar-refractivity contribution >= 4 is 21.2 Å². The number of amides is 2. The predicted molar refractivity (Wildman–Crippen MR) is 170 cm³/mol. The van der Waals surface area contributed by atoms with E-state index in [-0.39, 0.29) is 32.6 Å². The number of halogens is 4. The zero-order valence-electron chi connectivity index (χ0n) is 26.5. The minimum Gasteiger partial charge on any atom is -0.334 e. The van der Waals surface area contributed by atoms with E-state index in [1.54, 1.807) is 6.92 Å². The van der Waals surface area contributed by atoms with Gasteiger partial charge in [-0.05, 0) is 50.3 Å². The summed E-state index contributed by atoms with van der Waals surface area (Å²) in [5.74, 6) is 0. The number of rotatable bonds is 17. The van der Waals surface area contributed by atoms with Gasteiger partial charge in [0, 0.05) is 17.7 Å². The highest BCUT2D eigenvalue weighted by molar-refractivity contribution is 7.54. The number of hydrogen-bond acceptors (Lipinski definition) is 6. The molecule has 15 heteroatoms. The van der Waals surface area contributed by atoms with Crippen LogP contribution < -0.4 is 10.6 Å². The molecule has 0 heterocycles. The number of carbonyl (C=O) groups is 1. The normalized spacial score (nSPS) is 15.0. The highest BCUT2D eigenvalue weighted by atomic mass is 31.2. The van der Waals surface area contributed by atoms with Gasteiger partial charge in [-0.1, -0.05) is 85.8 Å². The van der Waals surface area contributed by atoms with Crippen molar-refractivity contribution in [1.82, 2.24) is 10.6 Å². The fraction of sp³-hybridized carbons (Fsp3) is 0.406. The predicted octanol–water partition coefficient (Wildman–Crippen LogP) is 8.84. The molecule has 3 aromatic rings. The van der Waals surface area contributed by atoms with E-state index in [1.165, 1.54) is 45.0 Å². The number of hydrogen-bond donors (Lipinski definition) is 3. The first-order chi connectivity index (χ1) is 22.1. The van der Waals surface area contributed by atoms with Gasteiger partial charge >= 0.3 is 32.5 Å². The minimum atomic E-state index is -5.40. The summed E-state index contributed by atoms with van der Waals surface area (Å²) in [5, 5.41) is 5.50. The van der Waals surface area contributed by atoms with Crippen molar-refractivity contribution in [3.05, 3.63) is 107 Å². The first-order valence-electron chi connectivity index (χ1n) is 15.0. The van der Waals surface area contributed by atoms with E-state index in [0.29, 0.717) is 11.1 Å². The third-order valence-corrected chi connectivity index (χ3v) is 11.0. The average Bonchev–Trinajstić information content (AvgIpc) is 3.04. The third-order valence-electron chi connectivity index (χ3n) is 7.20. The summed E-state index contributed by atoms with van der Waals surface area (Å²) in [5.41, 5.74) is -7.88. The third kappa shape index (κ3) is 9.53. The van der Waals surface area contributed by atoms with E-state index in [1.807, 2.05) is 30.3 Å². The molecule has 0 aromatic heterocycles. The van der Waals surface area contributed by atoms with Gasteiger partial charge in [-0.2, -0.15) is 17.6 Å². The van der Waals surface area contributed by atoms with Crippen LogP contribution in [0.5, 0.6) is 0 Å². The zero-order valence-corrected chi connectivity index (χ0v) is 28.3. The van der Waals surface area contributed by atoms with Crippen molar-refractivity contribution in [3.8, 4) is 0 Å². The molecule has 3 atom stereocenters. The fourth-order valence-corrected chi connectivity index (χ4v) is 7.27. The van der Waals surface area contributed by atoms with E-state index >= 15 is 17.6 Å². The number of urea groups is 1. The molecule has 0 saturated carbocycles. The fourth-order valence-electron chi connectivity index (χ4n) is 4.48. The van der Waals surface area contributed by atoms with Gasteiger partial charge in [-0.15, -0.1) is 0 Å². The molecular weight excluding hydrogens is 662 g/mol. The average molecular weight is 703 g/mol. The quantitative estimate of drug-likeness (QED) is 0.0949. The second-order valence-electron chi connectivity index (χ2n) is 10.6. The Balaban J connectivity index is 1.89. The Hall–Kier alpha value is -3.05. The highest BCUT2D eigenvalue weighted by Crippen LogP contribution is 2.67. The molecule has 3 rings (SSSR count). The summed E-state index contributed by atoms with van der Waals surface area (Å²) in [7, 11) is -10.2. The lowest BCUT2D eigenvalue weighted by Gasteiger charge is -2.26. The Labute approximate surface area is 272 Å². The largest absolute Gasteiger partial charge is 0.404 e. The first kappa shape index (κ1) is 38.4. The molecule has 3 aromatic carbocycles. The van der Waals surface area contributed by atoms with Crippen LogP contribution in [-0.4, -0.2) is 30.2 Å². The van der Waals surface area contributed by atoms with Crippen LogP contribution in [0, 0.1) is 0 Å². The summed E-state index contributed by atoms with van der Waals surface area (Å²) in [6.07, 6.45) is -0.601. The summed E-state index contributed by atoms with van der Waals surface area (Å²) in [6.45, 7) is 5.56. The maximum absolute atomic E-state index is 15.3. The molecule has 9 nitrogen and oxygen atoms in total. The van der Waals surface area contributed by atoms with Gasteiger partial charge in [0.05, 0.1) is 25.4 Å². The van der Waals surface area contributed by atoms with Gasteiger partial charge in [0.15, 0.2) is 0 Å². The summed E-state index contributed by atoms with van der Waals surface area (Å²) >= 11 is 0. The summed E-state index contributed by atoms with van der Waals surface area (Å²) in [6, 6.07) is 17.0. The van der Waals surface area contributed by atoms with Gasteiger partial charge in [0.2, 0.25) is 0 Å². The number of alkyl halides is 4. The van der Waals surface area contributed by atoms with Crippen molar-refractivity contribution in [2.75, 3.05) is 13.2 Å². The lowest BCUT2D eigenvalue weighted by atomic mass is 9.97. The van der Waals surface area contributed by atoms with Crippen molar-refractivity contribution in [2.45, 2.75) is 70.6 Å². The van der Waals surface area contributed by atoms with Gasteiger partial charge < -0.3 is 29.1 Å². The van der Waals surface area contributed by atoms with Crippen molar-refractivity contribution in [1.29, 1.82) is 0 Å². The molecule has 258 valence electrons. The molecule has 0 saturated heterocycles. The van der Waals surface area contributed by atoms with E-state index in [2.05, 4.69) is 10.6 Å². The Morgan fingerprint density at radius 2 is 1.34 bits per heavy atom. The molecule has 0 spiro atoms. The molecule has 0 bridgehead atoms. The Morgan fingerprint density at radius 1 is 0.809 bits per heavy atom. The SMILES string of the molecule is CCOP(=O)(OCC)C(F)(F)c1ccc(CC(NC(=O)NCc2ccccc2)c2ccc(C(F)(F)P(=O)(O)OC(C)CC)cc2)cc1. The van der Waals surface area contributed by atoms with Crippen LogP contribution in [-0.2, 0) is 47.0 Å². The van der Waals surface area contributed by atoms with Crippen molar-refractivity contribution < 1.29 is 50.0 Å². The second-order valence-corrected chi connectivity index (χ2v) is 14.5. The smallest absolute Gasteiger partial charge is 0.334 e. The highest BCUT2D eigenvalue weighted by Gasteiger charge is 2.55. The maximum Gasteiger partial charge on any atom is 0.404 e. The molecule has 3 unspecified atom stereocenters. The van der Waals surface area contributed by atoms with E-state index in [4.69, 9.17) is 13.6 Å². The van der Waals surface area contributed by atoms with Crippen LogP contribution in [0.15, 0.2) is 78.9 Å². The van der Waals surface area contributed by atoms with E-state index in [0.717, 1.165) is 29.8 Å². The molecular formula is C32H40F4N2O7P2. The molecule has 0 fully saturated rings. The molecule has 0 radical (unpaired) electrons. The number of benzene rings is 3. The summed E-state index contributed by atoms with van der Waals surface area (Å²) < 4.78 is 100. The number of nitrogens with one attached hydrogen (secondary N) is 2. The molecule has 47 heavy (non-hydrogen) atoms.